The summed E-state index contributed by atoms with van der Waals surface area (Å²) in [6, 6.07) is 0. The van der Waals surface area contributed by atoms with Crippen molar-refractivity contribution < 1.29 is 28.6 Å². The Labute approximate surface area is 480 Å². The van der Waals surface area contributed by atoms with Crippen molar-refractivity contribution in [1.29, 1.82) is 0 Å². The number of unbranched alkanes of at least 4 members (excludes halogenated alkanes) is 47. The molecule has 0 aliphatic rings. The van der Waals surface area contributed by atoms with Crippen LogP contribution in [0.25, 0.3) is 0 Å². The SMILES string of the molecule is CCCCCCC/C=C\C/C=C\CCCCCCCCCCCCCCCC(=O)OCC(COC(=O)CCCCCCC/C=C\CCCCCCCCC)OC(=O)CCCCCCCCCCCCCCCCCCCC. The number of ether oxygens (including phenoxy) is 3. The molecule has 0 amide bonds. The van der Waals surface area contributed by atoms with Crippen LogP contribution in [-0.4, -0.2) is 37.2 Å². The molecule has 0 aromatic carbocycles. The van der Waals surface area contributed by atoms with Crippen molar-refractivity contribution in [3.8, 4) is 0 Å². The second-order valence-corrected chi connectivity index (χ2v) is 23.4. The predicted octanol–water partition coefficient (Wildman–Crippen LogP) is 23.6. The first kappa shape index (κ1) is 74.6. The Morgan fingerprint density at radius 1 is 0.260 bits per heavy atom. The van der Waals surface area contributed by atoms with Gasteiger partial charge < -0.3 is 14.2 Å². The lowest BCUT2D eigenvalue weighted by molar-refractivity contribution is -0.167. The van der Waals surface area contributed by atoms with Crippen LogP contribution in [-0.2, 0) is 28.6 Å². The number of rotatable bonds is 64. The van der Waals surface area contributed by atoms with Crippen LogP contribution in [0.3, 0.4) is 0 Å². The van der Waals surface area contributed by atoms with Gasteiger partial charge in [0.1, 0.15) is 13.2 Å². The third kappa shape index (κ3) is 64.3. The van der Waals surface area contributed by atoms with Gasteiger partial charge in [0, 0.05) is 19.3 Å². The van der Waals surface area contributed by atoms with Crippen molar-refractivity contribution >= 4 is 17.9 Å². The predicted molar refractivity (Wildman–Crippen MR) is 335 cm³/mol. The molecule has 6 heteroatoms. The number of hydrogen-bond donors (Lipinski definition) is 0. The van der Waals surface area contributed by atoms with Crippen molar-refractivity contribution in [2.75, 3.05) is 13.2 Å². The van der Waals surface area contributed by atoms with E-state index in [1.807, 2.05) is 0 Å². The highest BCUT2D eigenvalue weighted by Crippen LogP contribution is 2.18. The largest absolute Gasteiger partial charge is 0.462 e. The molecule has 0 aliphatic heterocycles. The summed E-state index contributed by atoms with van der Waals surface area (Å²) in [7, 11) is 0. The Morgan fingerprint density at radius 3 is 0.727 bits per heavy atom. The van der Waals surface area contributed by atoms with Crippen LogP contribution in [0.1, 0.15) is 380 Å². The molecule has 0 radical (unpaired) electrons. The molecule has 0 bridgehead atoms. The fourth-order valence-corrected chi connectivity index (χ4v) is 10.4. The summed E-state index contributed by atoms with van der Waals surface area (Å²) in [5, 5.41) is 0. The van der Waals surface area contributed by atoms with Crippen LogP contribution in [0.2, 0.25) is 0 Å². The van der Waals surface area contributed by atoms with Gasteiger partial charge in [-0.2, -0.15) is 0 Å². The van der Waals surface area contributed by atoms with Gasteiger partial charge in [-0.05, 0) is 77.0 Å². The van der Waals surface area contributed by atoms with E-state index in [-0.39, 0.29) is 31.1 Å². The van der Waals surface area contributed by atoms with E-state index in [9.17, 15) is 14.4 Å². The first-order chi connectivity index (χ1) is 38.0. The molecule has 0 aliphatic carbocycles. The van der Waals surface area contributed by atoms with E-state index < -0.39 is 6.10 Å². The summed E-state index contributed by atoms with van der Waals surface area (Å²) in [5.74, 6) is -0.851. The second-order valence-electron chi connectivity index (χ2n) is 23.4. The molecule has 0 spiro atoms. The maximum absolute atomic E-state index is 12.9. The van der Waals surface area contributed by atoms with Crippen molar-refractivity contribution in [1.82, 2.24) is 0 Å². The molecule has 0 rings (SSSR count). The minimum Gasteiger partial charge on any atom is -0.462 e. The smallest absolute Gasteiger partial charge is 0.306 e. The Hall–Kier alpha value is -2.37. The Kier molecular flexibility index (Phi) is 64.1. The first-order valence-electron chi connectivity index (χ1n) is 34.5. The quantitative estimate of drug-likeness (QED) is 0.0261. The summed E-state index contributed by atoms with van der Waals surface area (Å²) in [5.41, 5.74) is 0. The van der Waals surface area contributed by atoms with Gasteiger partial charge in [0.25, 0.3) is 0 Å². The summed E-state index contributed by atoms with van der Waals surface area (Å²) < 4.78 is 17.0. The lowest BCUT2D eigenvalue weighted by Gasteiger charge is -2.18. The lowest BCUT2D eigenvalue weighted by Crippen LogP contribution is -2.30. The molecule has 6 nitrogen and oxygen atoms in total. The number of esters is 3. The molecule has 0 saturated heterocycles. The third-order valence-corrected chi connectivity index (χ3v) is 15.6. The van der Waals surface area contributed by atoms with Crippen LogP contribution < -0.4 is 0 Å². The standard InChI is InChI=1S/C71H132O6/c1-4-7-10-13-16-19-22-25-28-31-33-34-35-36-37-38-39-41-43-46-49-52-55-58-61-64-70(73)76-67-68(66-75-69(72)63-60-57-54-51-48-45-42-30-27-24-21-18-15-12-9-6-3)77-71(74)65-62-59-56-53-50-47-44-40-32-29-26-23-20-17-14-11-8-5-2/h22,25,30-31,33,42,68H,4-21,23-24,26-29,32,34-41,43-67H2,1-3H3/b25-22-,33-31-,42-30-. The molecule has 77 heavy (non-hydrogen) atoms. The molecule has 0 N–H and O–H groups in total. The van der Waals surface area contributed by atoms with Gasteiger partial charge in [-0.15, -0.1) is 0 Å². The molecule has 0 heterocycles. The van der Waals surface area contributed by atoms with Gasteiger partial charge in [0.2, 0.25) is 0 Å². The number of carbonyl (C=O) groups is 3. The summed E-state index contributed by atoms with van der Waals surface area (Å²) in [6.07, 6.45) is 81.6. The molecule has 1 unspecified atom stereocenters. The summed E-state index contributed by atoms with van der Waals surface area (Å²) in [4.78, 5) is 38.4. The van der Waals surface area contributed by atoms with E-state index in [0.717, 1.165) is 70.6 Å². The molecule has 0 aromatic rings. The first-order valence-corrected chi connectivity index (χ1v) is 34.5. The van der Waals surface area contributed by atoms with Crippen LogP contribution in [0.4, 0.5) is 0 Å². The highest BCUT2D eigenvalue weighted by Gasteiger charge is 2.19. The van der Waals surface area contributed by atoms with Gasteiger partial charge in [-0.3, -0.25) is 14.4 Å². The van der Waals surface area contributed by atoms with E-state index in [2.05, 4.69) is 57.2 Å². The van der Waals surface area contributed by atoms with Crippen LogP contribution in [0.15, 0.2) is 36.5 Å². The summed E-state index contributed by atoms with van der Waals surface area (Å²) in [6.45, 7) is 6.69. The monoisotopic (exact) mass is 1080 g/mol. The number of carbonyl (C=O) groups excluding carboxylic acids is 3. The molecular formula is C71H132O6. The molecule has 0 saturated carbocycles. The number of allylic oxidation sites excluding steroid dienone is 6. The van der Waals surface area contributed by atoms with Gasteiger partial charge in [-0.25, -0.2) is 0 Å². The minimum atomic E-state index is -0.774. The zero-order chi connectivity index (χ0) is 55.7. The van der Waals surface area contributed by atoms with Crippen molar-refractivity contribution in [2.24, 2.45) is 0 Å². The highest BCUT2D eigenvalue weighted by atomic mass is 16.6. The highest BCUT2D eigenvalue weighted by molar-refractivity contribution is 5.71. The van der Waals surface area contributed by atoms with E-state index in [1.165, 1.54) is 270 Å². The zero-order valence-corrected chi connectivity index (χ0v) is 52.0. The Balaban J connectivity index is 4.28. The maximum Gasteiger partial charge on any atom is 0.306 e. The van der Waals surface area contributed by atoms with Crippen LogP contribution >= 0.6 is 0 Å². The van der Waals surface area contributed by atoms with Gasteiger partial charge >= 0.3 is 17.9 Å². The molecule has 0 aromatic heterocycles. The van der Waals surface area contributed by atoms with E-state index in [1.54, 1.807) is 0 Å². The van der Waals surface area contributed by atoms with Crippen LogP contribution in [0.5, 0.6) is 0 Å². The van der Waals surface area contributed by atoms with Crippen LogP contribution in [0, 0.1) is 0 Å². The number of hydrogen-bond acceptors (Lipinski definition) is 6. The van der Waals surface area contributed by atoms with Crippen molar-refractivity contribution in [2.45, 2.75) is 386 Å². The maximum atomic E-state index is 12.9. The third-order valence-electron chi connectivity index (χ3n) is 15.6. The average molecular weight is 1080 g/mol. The normalized spacial score (nSPS) is 12.2. The summed E-state index contributed by atoms with van der Waals surface area (Å²) >= 11 is 0. The molecular weight excluding hydrogens is 949 g/mol. The fraction of sp³-hybridized carbons (Fsp3) is 0.873. The van der Waals surface area contributed by atoms with Gasteiger partial charge in [0.15, 0.2) is 6.10 Å². The Bertz CT molecular complexity index is 1290. The van der Waals surface area contributed by atoms with Crippen molar-refractivity contribution in [3.05, 3.63) is 36.5 Å². The zero-order valence-electron chi connectivity index (χ0n) is 52.0. The average Bonchev–Trinajstić information content (AvgIpc) is 3.43. The van der Waals surface area contributed by atoms with E-state index in [0.29, 0.717) is 19.3 Å². The Morgan fingerprint density at radius 2 is 0.468 bits per heavy atom. The van der Waals surface area contributed by atoms with Crippen molar-refractivity contribution in [3.63, 3.8) is 0 Å². The molecule has 0 fully saturated rings. The van der Waals surface area contributed by atoms with Gasteiger partial charge in [0.05, 0.1) is 0 Å². The second kappa shape index (κ2) is 66.1. The van der Waals surface area contributed by atoms with E-state index in [4.69, 9.17) is 14.2 Å². The molecule has 452 valence electrons. The lowest BCUT2D eigenvalue weighted by atomic mass is 10.0. The van der Waals surface area contributed by atoms with E-state index >= 15 is 0 Å². The molecule has 1 atom stereocenters. The van der Waals surface area contributed by atoms with Gasteiger partial charge in [-0.1, -0.05) is 320 Å². The topological polar surface area (TPSA) is 78.9 Å². The minimum absolute atomic E-state index is 0.0702. The fourth-order valence-electron chi connectivity index (χ4n) is 10.4.